The molecule has 2 rings (SSSR count). The molecule has 100 valence electrons. The molecule has 1 heterocycles. The number of carbonyl (C=O) groups excluding carboxylic acids is 1. The highest BCUT2D eigenvalue weighted by atomic mass is 32.1. The SMILES string of the molecule is CCCN(C(=O)c1scnc1C)c1cccc(N)c1. The van der Waals surface area contributed by atoms with Gasteiger partial charge in [-0.3, -0.25) is 4.79 Å². The second-order valence-electron chi connectivity index (χ2n) is 4.32. The number of anilines is 2. The molecule has 4 nitrogen and oxygen atoms in total. The van der Waals surface area contributed by atoms with Gasteiger partial charge in [0.1, 0.15) is 4.88 Å². The Morgan fingerprint density at radius 2 is 2.26 bits per heavy atom. The molecule has 0 unspecified atom stereocenters. The van der Waals surface area contributed by atoms with Crippen molar-refractivity contribution in [2.24, 2.45) is 0 Å². The summed E-state index contributed by atoms with van der Waals surface area (Å²) in [5, 5.41) is 0. The van der Waals surface area contributed by atoms with Gasteiger partial charge in [0.05, 0.1) is 11.2 Å². The maximum Gasteiger partial charge on any atom is 0.270 e. The van der Waals surface area contributed by atoms with Crippen molar-refractivity contribution in [3.8, 4) is 0 Å². The van der Waals surface area contributed by atoms with Crippen LogP contribution in [0.4, 0.5) is 11.4 Å². The smallest absolute Gasteiger partial charge is 0.270 e. The van der Waals surface area contributed by atoms with Crippen LogP contribution >= 0.6 is 11.3 Å². The number of aryl methyl sites for hydroxylation is 1. The molecule has 0 saturated heterocycles. The Bertz CT molecular complexity index is 580. The lowest BCUT2D eigenvalue weighted by Crippen LogP contribution is -2.31. The van der Waals surface area contributed by atoms with Crippen LogP contribution in [0.1, 0.15) is 28.7 Å². The number of nitrogens with zero attached hydrogens (tertiary/aromatic N) is 2. The number of nitrogens with two attached hydrogens (primary N) is 1. The topological polar surface area (TPSA) is 59.2 Å². The van der Waals surface area contributed by atoms with Crippen LogP contribution in [0.5, 0.6) is 0 Å². The number of carbonyl (C=O) groups is 1. The predicted octanol–water partition coefficient (Wildman–Crippen LogP) is 3.09. The van der Waals surface area contributed by atoms with Gasteiger partial charge >= 0.3 is 0 Å². The summed E-state index contributed by atoms with van der Waals surface area (Å²) in [5.41, 5.74) is 9.76. The molecule has 0 aliphatic heterocycles. The van der Waals surface area contributed by atoms with Crippen molar-refractivity contribution in [1.82, 2.24) is 4.98 Å². The van der Waals surface area contributed by atoms with Crippen LogP contribution in [-0.2, 0) is 0 Å². The van der Waals surface area contributed by atoms with Crippen LogP contribution in [0.25, 0.3) is 0 Å². The average molecular weight is 275 g/mol. The zero-order valence-corrected chi connectivity index (χ0v) is 11.9. The van der Waals surface area contributed by atoms with E-state index in [0.29, 0.717) is 17.1 Å². The molecule has 0 aliphatic carbocycles. The van der Waals surface area contributed by atoms with Crippen molar-refractivity contribution < 1.29 is 4.79 Å². The third-order valence-corrected chi connectivity index (χ3v) is 3.73. The van der Waals surface area contributed by atoms with Crippen molar-refractivity contribution >= 4 is 28.6 Å². The Hall–Kier alpha value is -1.88. The van der Waals surface area contributed by atoms with Crippen LogP contribution in [0.3, 0.4) is 0 Å². The van der Waals surface area contributed by atoms with Gasteiger partial charge in [0.25, 0.3) is 5.91 Å². The van der Waals surface area contributed by atoms with Gasteiger partial charge in [0, 0.05) is 17.9 Å². The van der Waals surface area contributed by atoms with Gasteiger partial charge in [0.2, 0.25) is 0 Å². The lowest BCUT2D eigenvalue weighted by molar-refractivity contribution is 0.0990. The van der Waals surface area contributed by atoms with E-state index < -0.39 is 0 Å². The molecule has 1 aromatic heterocycles. The summed E-state index contributed by atoms with van der Waals surface area (Å²) in [4.78, 5) is 19.2. The second-order valence-corrected chi connectivity index (χ2v) is 5.17. The highest BCUT2D eigenvalue weighted by Gasteiger charge is 2.20. The lowest BCUT2D eigenvalue weighted by atomic mass is 10.2. The quantitative estimate of drug-likeness (QED) is 0.872. The molecule has 0 spiro atoms. The molecule has 0 fully saturated rings. The summed E-state index contributed by atoms with van der Waals surface area (Å²) in [6.07, 6.45) is 0.887. The maximum absolute atomic E-state index is 12.6. The Morgan fingerprint density at radius 3 is 2.84 bits per heavy atom. The van der Waals surface area contributed by atoms with Gasteiger partial charge < -0.3 is 10.6 Å². The summed E-state index contributed by atoms with van der Waals surface area (Å²) in [6.45, 7) is 4.57. The molecule has 1 amide bonds. The van der Waals surface area contributed by atoms with E-state index in [9.17, 15) is 4.79 Å². The van der Waals surface area contributed by atoms with E-state index in [0.717, 1.165) is 17.8 Å². The molecule has 0 aliphatic rings. The van der Waals surface area contributed by atoms with Crippen LogP contribution < -0.4 is 10.6 Å². The minimum atomic E-state index is -0.00699. The Labute approximate surface area is 116 Å². The fraction of sp³-hybridized carbons (Fsp3) is 0.286. The van der Waals surface area contributed by atoms with Crippen LogP contribution in [0.15, 0.2) is 29.8 Å². The number of hydrogen-bond acceptors (Lipinski definition) is 4. The highest BCUT2D eigenvalue weighted by Crippen LogP contribution is 2.23. The minimum absolute atomic E-state index is 0.00699. The molecule has 19 heavy (non-hydrogen) atoms. The molecule has 5 heteroatoms. The Kier molecular flexibility index (Phi) is 4.16. The predicted molar refractivity (Wildman–Crippen MR) is 79.7 cm³/mol. The van der Waals surface area contributed by atoms with E-state index in [1.54, 1.807) is 10.4 Å². The number of aromatic nitrogens is 1. The Balaban J connectivity index is 2.35. The number of hydrogen-bond donors (Lipinski definition) is 1. The first-order valence-corrected chi connectivity index (χ1v) is 7.09. The second kappa shape index (κ2) is 5.84. The van der Waals surface area contributed by atoms with Crippen molar-refractivity contribution in [3.05, 3.63) is 40.3 Å². The van der Waals surface area contributed by atoms with E-state index in [1.807, 2.05) is 38.1 Å². The normalized spacial score (nSPS) is 10.4. The molecular formula is C14H17N3OS. The van der Waals surface area contributed by atoms with Gasteiger partial charge in [-0.05, 0) is 31.5 Å². The molecule has 0 atom stereocenters. The molecule has 0 radical (unpaired) electrons. The first kappa shape index (κ1) is 13.5. The molecule has 0 saturated carbocycles. The summed E-state index contributed by atoms with van der Waals surface area (Å²) < 4.78 is 0. The summed E-state index contributed by atoms with van der Waals surface area (Å²) >= 11 is 1.38. The number of rotatable bonds is 4. The first-order valence-electron chi connectivity index (χ1n) is 6.21. The van der Waals surface area contributed by atoms with Crippen LogP contribution in [0, 0.1) is 6.92 Å². The minimum Gasteiger partial charge on any atom is -0.399 e. The number of amides is 1. The highest BCUT2D eigenvalue weighted by molar-refractivity contribution is 7.12. The third kappa shape index (κ3) is 2.93. The van der Waals surface area contributed by atoms with Gasteiger partial charge in [-0.2, -0.15) is 0 Å². The van der Waals surface area contributed by atoms with Crippen molar-refractivity contribution in [1.29, 1.82) is 0 Å². The van der Waals surface area contributed by atoms with Crippen LogP contribution in [0.2, 0.25) is 0 Å². The molecule has 0 bridgehead atoms. The van der Waals surface area contributed by atoms with E-state index >= 15 is 0 Å². The fourth-order valence-corrected chi connectivity index (χ4v) is 2.64. The maximum atomic E-state index is 12.6. The number of benzene rings is 1. The van der Waals surface area contributed by atoms with Crippen molar-refractivity contribution in [3.63, 3.8) is 0 Å². The molecule has 1 aromatic carbocycles. The third-order valence-electron chi connectivity index (χ3n) is 2.81. The lowest BCUT2D eigenvalue weighted by Gasteiger charge is -2.22. The standard InChI is InChI=1S/C14H17N3OS/c1-3-7-17(12-6-4-5-11(15)8-12)14(18)13-10(2)16-9-19-13/h4-6,8-9H,3,7,15H2,1-2H3. The van der Waals surface area contributed by atoms with Gasteiger partial charge in [-0.1, -0.05) is 13.0 Å². The van der Waals surface area contributed by atoms with Gasteiger partial charge in [0.15, 0.2) is 0 Å². The number of nitrogen functional groups attached to an aromatic ring is 1. The van der Waals surface area contributed by atoms with Crippen LogP contribution in [-0.4, -0.2) is 17.4 Å². The number of thiazole rings is 1. The van der Waals surface area contributed by atoms with Gasteiger partial charge in [-0.15, -0.1) is 11.3 Å². The van der Waals surface area contributed by atoms with E-state index in [2.05, 4.69) is 4.98 Å². The van der Waals surface area contributed by atoms with Crippen molar-refractivity contribution in [2.75, 3.05) is 17.2 Å². The summed E-state index contributed by atoms with van der Waals surface area (Å²) in [5.74, 6) is -0.00699. The monoisotopic (exact) mass is 275 g/mol. The van der Waals surface area contributed by atoms with E-state index in [4.69, 9.17) is 5.73 Å². The zero-order chi connectivity index (χ0) is 13.8. The zero-order valence-electron chi connectivity index (χ0n) is 11.1. The van der Waals surface area contributed by atoms with E-state index in [1.165, 1.54) is 11.3 Å². The van der Waals surface area contributed by atoms with E-state index in [-0.39, 0.29) is 5.91 Å². The summed E-state index contributed by atoms with van der Waals surface area (Å²) in [6, 6.07) is 7.40. The molecule has 2 N–H and O–H groups in total. The van der Waals surface area contributed by atoms with Crippen molar-refractivity contribution in [2.45, 2.75) is 20.3 Å². The largest absolute Gasteiger partial charge is 0.399 e. The Morgan fingerprint density at radius 1 is 1.47 bits per heavy atom. The summed E-state index contributed by atoms with van der Waals surface area (Å²) in [7, 11) is 0. The fourth-order valence-electron chi connectivity index (χ4n) is 1.89. The van der Waals surface area contributed by atoms with Gasteiger partial charge in [-0.25, -0.2) is 4.98 Å². The first-order chi connectivity index (χ1) is 9.13. The molecule has 2 aromatic rings. The average Bonchev–Trinajstić information content (AvgIpc) is 2.81. The molecular weight excluding hydrogens is 258 g/mol.